The van der Waals surface area contributed by atoms with Gasteiger partial charge in [-0.1, -0.05) is 31.9 Å². The van der Waals surface area contributed by atoms with Crippen LogP contribution in [0.25, 0.3) is 0 Å². The monoisotopic (exact) mass is 277 g/mol. The molecule has 0 spiro atoms. The van der Waals surface area contributed by atoms with Crippen molar-refractivity contribution in [1.82, 2.24) is 5.32 Å². The molecule has 4 nitrogen and oxygen atoms in total. The van der Waals surface area contributed by atoms with Crippen LogP contribution in [0.2, 0.25) is 0 Å². The fourth-order valence-electron chi connectivity index (χ4n) is 2.90. The SMILES string of the molecule is CC1CCCC(O)(CNC(=O)c2ccc(CO)cc2)C1. The van der Waals surface area contributed by atoms with Gasteiger partial charge in [0.2, 0.25) is 0 Å². The number of aliphatic hydroxyl groups excluding tert-OH is 1. The summed E-state index contributed by atoms with van der Waals surface area (Å²) in [5, 5.41) is 22.3. The number of rotatable bonds is 4. The number of carbonyl (C=O) groups excluding carboxylic acids is 1. The van der Waals surface area contributed by atoms with E-state index in [0.29, 0.717) is 18.0 Å². The maximum atomic E-state index is 12.0. The molecule has 0 saturated heterocycles. The molecule has 2 atom stereocenters. The van der Waals surface area contributed by atoms with Crippen molar-refractivity contribution in [2.45, 2.75) is 44.8 Å². The van der Waals surface area contributed by atoms with Crippen LogP contribution in [0, 0.1) is 5.92 Å². The van der Waals surface area contributed by atoms with Crippen LogP contribution in [0.3, 0.4) is 0 Å². The minimum atomic E-state index is -0.766. The van der Waals surface area contributed by atoms with E-state index in [1.807, 2.05) is 0 Å². The zero-order chi connectivity index (χ0) is 14.6. The van der Waals surface area contributed by atoms with Crippen molar-refractivity contribution in [1.29, 1.82) is 0 Å². The number of aliphatic hydroxyl groups is 2. The molecule has 0 bridgehead atoms. The molecule has 0 aromatic heterocycles. The van der Waals surface area contributed by atoms with Crippen molar-refractivity contribution >= 4 is 5.91 Å². The Labute approximate surface area is 119 Å². The number of carbonyl (C=O) groups is 1. The first-order valence-corrected chi connectivity index (χ1v) is 7.23. The number of hydrogen-bond acceptors (Lipinski definition) is 3. The predicted octanol–water partition coefficient (Wildman–Crippen LogP) is 1.85. The molecule has 1 amide bonds. The second-order valence-corrected chi connectivity index (χ2v) is 5.96. The van der Waals surface area contributed by atoms with Crippen molar-refractivity contribution in [3.05, 3.63) is 35.4 Å². The average molecular weight is 277 g/mol. The largest absolute Gasteiger partial charge is 0.392 e. The van der Waals surface area contributed by atoms with Gasteiger partial charge in [-0.25, -0.2) is 0 Å². The third kappa shape index (κ3) is 3.81. The summed E-state index contributed by atoms with van der Waals surface area (Å²) in [6, 6.07) is 6.83. The van der Waals surface area contributed by atoms with Gasteiger partial charge in [-0.3, -0.25) is 4.79 Å². The van der Waals surface area contributed by atoms with E-state index in [4.69, 9.17) is 5.11 Å². The summed E-state index contributed by atoms with van der Waals surface area (Å²) in [6.07, 6.45) is 3.66. The van der Waals surface area contributed by atoms with Gasteiger partial charge in [0.1, 0.15) is 0 Å². The van der Waals surface area contributed by atoms with E-state index in [9.17, 15) is 9.90 Å². The highest BCUT2D eigenvalue weighted by atomic mass is 16.3. The van der Waals surface area contributed by atoms with E-state index in [-0.39, 0.29) is 12.5 Å². The van der Waals surface area contributed by atoms with Crippen LogP contribution in [-0.2, 0) is 6.61 Å². The van der Waals surface area contributed by atoms with E-state index in [0.717, 1.165) is 31.2 Å². The Morgan fingerprint density at radius 1 is 1.40 bits per heavy atom. The van der Waals surface area contributed by atoms with Crippen LogP contribution >= 0.6 is 0 Å². The molecule has 110 valence electrons. The lowest BCUT2D eigenvalue weighted by Crippen LogP contribution is -2.45. The van der Waals surface area contributed by atoms with Crippen molar-refractivity contribution in [3.8, 4) is 0 Å². The molecule has 0 aliphatic heterocycles. The Hall–Kier alpha value is -1.39. The van der Waals surface area contributed by atoms with Gasteiger partial charge in [-0.15, -0.1) is 0 Å². The molecular weight excluding hydrogens is 254 g/mol. The van der Waals surface area contributed by atoms with E-state index >= 15 is 0 Å². The van der Waals surface area contributed by atoms with Crippen LogP contribution < -0.4 is 5.32 Å². The zero-order valence-corrected chi connectivity index (χ0v) is 11.9. The van der Waals surface area contributed by atoms with Crippen molar-refractivity contribution < 1.29 is 15.0 Å². The fraction of sp³-hybridized carbons (Fsp3) is 0.562. The Morgan fingerprint density at radius 2 is 2.10 bits per heavy atom. The van der Waals surface area contributed by atoms with Crippen LogP contribution in [-0.4, -0.2) is 28.3 Å². The lowest BCUT2D eigenvalue weighted by Gasteiger charge is -2.35. The molecule has 1 saturated carbocycles. The minimum absolute atomic E-state index is 0.0282. The molecule has 4 heteroatoms. The molecule has 1 aromatic rings. The van der Waals surface area contributed by atoms with E-state index in [2.05, 4.69) is 12.2 Å². The van der Waals surface area contributed by atoms with Crippen molar-refractivity contribution in [2.24, 2.45) is 5.92 Å². The van der Waals surface area contributed by atoms with Gasteiger partial charge >= 0.3 is 0 Å². The average Bonchev–Trinajstić information content (AvgIpc) is 2.45. The van der Waals surface area contributed by atoms with Gasteiger partial charge in [0.05, 0.1) is 12.2 Å². The smallest absolute Gasteiger partial charge is 0.251 e. The van der Waals surface area contributed by atoms with Gasteiger partial charge in [0.15, 0.2) is 0 Å². The minimum Gasteiger partial charge on any atom is -0.392 e. The third-order valence-electron chi connectivity index (χ3n) is 4.04. The predicted molar refractivity (Wildman–Crippen MR) is 77.3 cm³/mol. The molecule has 1 aromatic carbocycles. The first-order chi connectivity index (χ1) is 9.52. The first kappa shape index (κ1) is 15.0. The summed E-state index contributed by atoms with van der Waals surface area (Å²) in [7, 11) is 0. The van der Waals surface area contributed by atoms with E-state index in [1.54, 1.807) is 24.3 Å². The van der Waals surface area contributed by atoms with Crippen LogP contribution in [0.5, 0.6) is 0 Å². The summed E-state index contributed by atoms with van der Waals surface area (Å²) in [5.74, 6) is 0.329. The van der Waals surface area contributed by atoms with Gasteiger partial charge in [-0.05, 0) is 36.5 Å². The lowest BCUT2D eigenvalue weighted by atomic mass is 9.79. The molecule has 0 heterocycles. The molecule has 2 rings (SSSR count). The Kier molecular flexibility index (Phi) is 4.78. The summed E-state index contributed by atoms with van der Waals surface area (Å²) < 4.78 is 0. The highest BCUT2D eigenvalue weighted by molar-refractivity contribution is 5.94. The Bertz CT molecular complexity index is 457. The van der Waals surface area contributed by atoms with Crippen LogP contribution in [0.15, 0.2) is 24.3 Å². The van der Waals surface area contributed by atoms with Gasteiger partial charge < -0.3 is 15.5 Å². The van der Waals surface area contributed by atoms with Gasteiger partial charge in [0, 0.05) is 12.1 Å². The summed E-state index contributed by atoms with van der Waals surface area (Å²) in [6.45, 7) is 2.41. The Balaban J connectivity index is 1.90. The molecule has 1 aliphatic rings. The molecule has 2 unspecified atom stereocenters. The number of amides is 1. The maximum Gasteiger partial charge on any atom is 0.251 e. The maximum absolute atomic E-state index is 12.0. The standard InChI is InChI=1S/C16H23NO3/c1-12-3-2-8-16(20,9-12)11-17-15(19)14-6-4-13(10-18)5-7-14/h4-7,12,18,20H,2-3,8-11H2,1H3,(H,17,19). The quantitative estimate of drug-likeness (QED) is 0.786. The molecule has 1 aliphatic carbocycles. The van der Waals surface area contributed by atoms with Crippen molar-refractivity contribution in [2.75, 3.05) is 6.54 Å². The van der Waals surface area contributed by atoms with Gasteiger partial charge in [0.25, 0.3) is 5.91 Å². The zero-order valence-electron chi connectivity index (χ0n) is 11.9. The molecular formula is C16H23NO3. The highest BCUT2D eigenvalue weighted by Crippen LogP contribution is 2.31. The molecule has 0 radical (unpaired) electrons. The van der Waals surface area contributed by atoms with Gasteiger partial charge in [-0.2, -0.15) is 0 Å². The number of benzene rings is 1. The second-order valence-electron chi connectivity index (χ2n) is 5.96. The molecule has 20 heavy (non-hydrogen) atoms. The van der Waals surface area contributed by atoms with Crippen molar-refractivity contribution in [3.63, 3.8) is 0 Å². The number of nitrogens with one attached hydrogen (secondary N) is 1. The van der Waals surface area contributed by atoms with Crippen LogP contribution in [0.4, 0.5) is 0 Å². The topological polar surface area (TPSA) is 69.6 Å². The fourth-order valence-corrected chi connectivity index (χ4v) is 2.90. The van der Waals surface area contributed by atoms with Crippen LogP contribution in [0.1, 0.15) is 48.5 Å². The normalized spacial score (nSPS) is 26.2. The summed E-state index contributed by atoms with van der Waals surface area (Å²) in [4.78, 5) is 12.0. The van der Waals surface area contributed by atoms with E-state index < -0.39 is 5.60 Å². The highest BCUT2D eigenvalue weighted by Gasteiger charge is 2.32. The summed E-state index contributed by atoms with van der Waals surface area (Å²) in [5.41, 5.74) is 0.564. The van der Waals surface area contributed by atoms with E-state index in [1.165, 1.54) is 0 Å². The number of hydrogen-bond donors (Lipinski definition) is 3. The molecule has 3 N–H and O–H groups in total. The second kappa shape index (κ2) is 6.37. The third-order valence-corrected chi connectivity index (χ3v) is 4.04. The first-order valence-electron chi connectivity index (χ1n) is 7.23. The lowest BCUT2D eigenvalue weighted by molar-refractivity contribution is -0.0109. The molecule has 1 fully saturated rings. The summed E-state index contributed by atoms with van der Waals surface area (Å²) >= 11 is 0. The Morgan fingerprint density at radius 3 is 2.70 bits per heavy atom.